The summed E-state index contributed by atoms with van der Waals surface area (Å²) in [6.07, 6.45) is 0. The quantitative estimate of drug-likeness (QED) is 0.155. The lowest BCUT2D eigenvalue weighted by atomic mass is 9.99. The molecule has 0 saturated carbocycles. The smallest absolute Gasteiger partial charge is 0.227 e. The number of benzene rings is 9. The van der Waals surface area contributed by atoms with Crippen molar-refractivity contribution >= 4 is 50.1 Å². The maximum atomic E-state index is 6.44. The van der Waals surface area contributed by atoms with Crippen LogP contribution in [0.15, 0.2) is 227 Å². The van der Waals surface area contributed by atoms with Gasteiger partial charge in [-0.3, -0.25) is 0 Å². The summed E-state index contributed by atoms with van der Waals surface area (Å²) in [5, 5.41) is 2.00. The van der Waals surface area contributed by atoms with Crippen LogP contribution >= 0.6 is 0 Å². The zero-order valence-corrected chi connectivity index (χ0v) is 32.0. The number of oxazole rings is 1. The van der Waals surface area contributed by atoms with Gasteiger partial charge >= 0.3 is 0 Å². The molecule has 0 aliphatic rings. The molecule has 0 unspecified atom stereocenters. The Morgan fingerprint density at radius 3 is 1.34 bits per heavy atom. The van der Waals surface area contributed by atoms with Crippen LogP contribution in [0.3, 0.4) is 0 Å². The van der Waals surface area contributed by atoms with Crippen molar-refractivity contribution in [2.24, 2.45) is 0 Å². The number of anilines is 3. The topological polar surface area (TPSA) is 42.4 Å². The van der Waals surface area contributed by atoms with E-state index in [2.05, 4.69) is 187 Å². The predicted octanol–water partition coefficient (Wildman–Crippen LogP) is 15.5. The van der Waals surface area contributed by atoms with Crippen molar-refractivity contribution in [2.75, 3.05) is 4.90 Å². The molecule has 0 aliphatic heterocycles. The molecule has 59 heavy (non-hydrogen) atoms. The van der Waals surface area contributed by atoms with Gasteiger partial charge in [0, 0.05) is 39.5 Å². The highest BCUT2D eigenvalue weighted by Gasteiger charge is 2.19. The normalized spacial score (nSPS) is 11.4. The van der Waals surface area contributed by atoms with Gasteiger partial charge in [-0.2, -0.15) is 0 Å². The average Bonchev–Trinajstić information content (AvgIpc) is 3.90. The Balaban J connectivity index is 0.997. The van der Waals surface area contributed by atoms with Crippen LogP contribution in [0.2, 0.25) is 0 Å². The van der Waals surface area contributed by atoms with Crippen molar-refractivity contribution in [1.29, 1.82) is 0 Å². The number of fused-ring (bicyclic) bond motifs is 4. The molecule has 9 aromatic carbocycles. The van der Waals surface area contributed by atoms with Crippen molar-refractivity contribution in [1.82, 2.24) is 4.98 Å². The predicted molar refractivity (Wildman–Crippen MR) is 243 cm³/mol. The molecule has 2 aromatic heterocycles. The lowest BCUT2D eigenvalue weighted by Crippen LogP contribution is -2.10. The second-order valence-corrected chi connectivity index (χ2v) is 14.8. The third kappa shape index (κ3) is 6.53. The highest BCUT2D eigenvalue weighted by molar-refractivity contribution is 6.10. The Kier molecular flexibility index (Phi) is 8.45. The summed E-state index contributed by atoms with van der Waals surface area (Å²) in [7, 11) is 0. The van der Waals surface area contributed by atoms with E-state index in [9.17, 15) is 0 Å². The maximum absolute atomic E-state index is 6.44. The van der Waals surface area contributed by atoms with E-state index in [1.165, 1.54) is 27.8 Å². The molecule has 0 radical (unpaired) electrons. The Bertz CT molecular complexity index is 3220. The van der Waals surface area contributed by atoms with E-state index in [0.29, 0.717) is 11.5 Å². The first-order valence-corrected chi connectivity index (χ1v) is 19.8. The first-order chi connectivity index (χ1) is 29.2. The van der Waals surface area contributed by atoms with Gasteiger partial charge in [0.15, 0.2) is 5.58 Å². The standard InChI is InChI=1S/C55H36N2O2/c1-4-11-37(12-5-1)39-19-21-41(22-20-39)42-27-29-46(30-28-42)57(47-18-10-17-45(33-47)43-25-23-40(24-26-43)38-13-6-2-7-14-38)48-31-32-52-49(34-48)50-35-51-54(36-53(50)58-52)59-55(56-51)44-15-8-3-9-16-44/h1-36H. The fourth-order valence-electron chi connectivity index (χ4n) is 8.08. The van der Waals surface area contributed by atoms with Gasteiger partial charge in [0.25, 0.3) is 0 Å². The lowest BCUT2D eigenvalue weighted by Gasteiger charge is -2.26. The summed E-state index contributed by atoms with van der Waals surface area (Å²) in [5.74, 6) is 0.592. The van der Waals surface area contributed by atoms with Crippen molar-refractivity contribution in [2.45, 2.75) is 0 Å². The van der Waals surface area contributed by atoms with E-state index < -0.39 is 0 Å². The van der Waals surface area contributed by atoms with E-state index in [4.69, 9.17) is 13.8 Å². The summed E-state index contributed by atoms with van der Waals surface area (Å²) in [6, 6.07) is 76.7. The minimum absolute atomic E-state index is 0.592. The monoisotopic (exact) mass is 756 g/mol. The minimum Gasteiger partial charge on any atom is -0.456 e. The van der Waals surface area contributed by atoms with E-state index >= 15 is 0 Å². The third-order valence-corrected chi connectivity index (χ3v) is 11.1. The molecule has 0 bridgehead atoms. The molecule has 0 spiro atoms. The fourth-order valence-corrected chi connectivity index (χ4v) is 8.08. The molecule has 4 nitrogen and oxygen atoms in total. The largest absolute Gasteiger partial charge is 0.456 e. The summed E-state index contributed by atoms with van der Waals surface area (Å²) >= 11 is 0. The first kappa shape index (κ1) is 34.3. The molecule has 0 fully saturated rings. The van der Waals surface area contributed by atoms with Gasteiger partial charge in [0.05, 0.1) is 0 Å². The summed E-state index contributed by atoms with van der Waals surface area (Å²) < 4.78 is 12.6. The van der Waals surface area contributed by atoms with Crippen molar-refractivity contribution in [3.63, 3.8) is 0 Å². The molecular formula is C55H36N2O2. The van der Waals surface area contributed by atoms with Crippen molar-refractivity contribution < 1.29 is 8.83 Å². The Labute approximate surface area is 341 Å². The maximum Gasteiger partial charge on any atom is 0.227 e. The van der Waals surface area contributed by atoms with Crippen LogP contribution in [0.1, 0.15) is 0 Å². The number of aromatic nitrogens is 1. The molecule has 2 heterocycles. The number of rotatable bonds is 8. The van der Waals surface area contributed by atoms with Crippen LogP contribution in [0.25, 0.3) is 89.0 Å². The summed E-state index contributed by atoms with van der Waals surface area (Å²) in [6.45, 7) is 0. The van der Waals surface area contributed by atoms with Gasteiger partial charge in [-0.25, -0.2) is 4.98 Å². The Morgan fingerprint density at radius 1 is 0.288 bits per heavy atom. The first-order valence-electron chi connectivity index (χ1n) is 19.8. The number of nitrogens with zero attached hydrogens (tertiary/aromatic N) is 2. The van der Waals surface area contributed by atoms with E-state index in [1.807, 2.05) is 36.4 Å². The van der Waals surface area contributed by atoms with Crippen LogP contribution in [-0.2, 0) is 0 Å². The number of hydrogen-bond donors (Lipinski definition) is 0. The van der Waals surface area contributed by atoms with Gasteiger partial charge in [-0.05, 0) is 105 Å². The zero-order valence-electron chi connectivity index (χ0n) is 32.0. The van der Waals surface area contributed by atoms with Crippen LogP contribution < -0.4 is 4.90 Å². The fraction of sp³-hybridized carbons (Fsp3) is 0. The molecule has 0 N–H and O–H groups in total. The second kappa shape index (κ2) is 14.5. The Hall–Kier alpha value is -7.95. The van der Waals surface area contributed by atoms with Gasteiger partial charge < -0.3 is 13.7 Å². The average molecular weight is 757 g/mol. The molecule has 11 rings (SSSR count). The van der Waals surface area contributed by atoms with E-state index in [1.54, 1.807) is 0 Å². The van der Waals surface area contributed by atoms with Gasteiger partial charge in [0.2, 0.25) is 5.89 Å². The van der Waals surface area contributed by atoms with Gasteiger partial charge in [-0.1, -0.05) is 152 Å². The van der Waals surface area contributed by atoms with Crippen LogP contribution in [-0.4, -0.2) is 4.98 Å². The number of hydrogen-bond acceptors (Lipinski definition) is 4. The molecule has 11 aromatic rings. The molecule has 0 amide bonds. The number of furan rings is 1. The van der Waals surface area contributed by atoms with E-state index in [0.717, 1.165) is 66.8 Å². The summed E-state index contributed by atoms with van der Waals surface area (Å²) in [4.78, 5) is 7.19. The molecule has 0 saturated heterocycles. The minimum atomic E-state index is 0.592. The SMILES string of the molecule is c1ccc(-c2ccc(-c3ccc(N(c4cccc(-c5ccc(-c6ccccc6)cc5)c4)c4ccc5oc6cc7oc(-c8ccccc8)nc7cc6c5c4)cc3)cc2)cc1. The summed E-state index contributed by atoms with van der Waals surface area (Å²) in [5.41, 5.74) is 16.5. The Morgan fingerprint density at radius 2 is 0.746 bits per heavy atom. The molecule has 4 heteroatoms. The van der Waals surface area contributed by atoms with Crippen molar-refractivity contribution in [3.05, 3.63) is 218 Å². The van der Waals surface area contributed by atoms with E-state index in [-0.39, 0.29) is 0 Å². The molecule has 0 aliphatic carbocycles. The van der Waals surface area contributed by atoms with Crippen LogP contribution in [0.5, 0.6) is 0 Å². The van der Waals surface area contributed by atoms with Crippen LogP contribution in [0, 0.1) is 0 Å². The zero-order chi connectivity index (χ0) is 39.1. The lowest BCUT2D eigenvalue weighted by molar-refractivity contribution is 0.617. The highest BCUT2D eigenvalue weighted by Crippen LogP contribution is 2.42. The van der Waals surface area contributed by atoms with Gasteiger partial charge in [-0.15, -0.1) is 0 Å². The second-order valence-electron chi connectivity index (χ2n) is 14.8. The van der Waals surface area contributed by atoms with Crippen LogP contribution in [0.4, 0.5) is 17.1 Å². The third-order valence-electron chi connectivity index (χ3n) is 11.1. The highest BCUT2D eigenvalue weighted by atomic mass is 16.4. The molecular weight excluding hydrogens is 721 g/mol. The van der Waals surface area contributed by atoms with Crippen molar-refractivity contribution in [3.8, 4) is 56.0 Å². The molecule has 0 atom stereocenters. The molecule has 278 valence electrons. The van der Waals surface area contributed by atoms with Gasteiger partial charge in [0.1, 0.15) is 16.7 Å².